The number of sulfonamides is 1. The second-order valence-electron chi connectivity index (χ2n) is 8.52. The van der Waals surface area contributed by atoms with Crippen LogP contribution in [0.15, 0.2) is 76.1 Å². The molecule has 0 spiro atoms. The van der Waals surface area contributed by atoms with Crippen molar-refractivity contribution in [2.24, 2.45) is 5.14 Å². The Morgan fingerprint density at radius 1 is 1.10 bits per heavy atom. The molecule has 0 unspecified atom stereocenters. The minimum atomic E-state index is -4.15. The number of amides is 1. The smallest absolute Gasteiger partial charge is 0.279 e. The number of carbonyl (C=O) groups excluding carboxylic acids is 1. The van der Waals surface area contributed by atoms with Gasteiger partial charge in [0.2, 0.25) is 10.0 Å². The fourth-order valence-corrected chi connectivity index (χ4v) is 4.91. The molecular weight excluding hydrogens is 526 g/mol. The van der Waals surface area contributed by atoms with Crippen molar-refractivity contribution in [2.45, 2.75) is 18.2 Å². The fourth-order valence-electron chi connectivity index (χ4n) is 4.16. The van der Waals surface area contributed by atoms with Crippen LogP contribution in [0.5, 0.6) is 0 Å². The van der Waals surface area contributed by atoms with E-state index in [9.17, 15) is 23.3 Å². The molecule has 0 bridgehead atoms. The molecule has 14 heteroatoms. The summed E-state index contributed by atoms with van der Waals surface area (Å²) in [5, 5.41) is 28.7. The molecule has 2 aromatic heterocycles. The zero-order valence-electron chi connectivity index (χ0n) is 20.4. The Balaban J connectivity index is 1.53. The number of nitrogens with zero attached hydrogens (tertiary/aromatic N) is 4. The van der Waals surface area contributed by atoms with Crippen LogP contribution < -0.4 is 16.2 Å². The highest BCUT2D eigenvalue weighted by Crippen LogP contribution is 2.36. The van der Waals surface area contributed by atoms with Crippen molar-refractivity contribution < 1.29 is 22.7 Å². The van der Waals surface area contributed by atoms with Crippen molar-refractivity contribution in [3.63, 3.8) is 0 Å². The molecule has 0 radical (unpaired) electrons. The van der Waals surface area contributed by atoms with E-state index in [1.165, 1.54) is 35.0 Å². The minimum Gasteiger partial charge on any atom is -0.380 e. The van der Waals surface area contributed by atoms with Gasteiger partial charge in [-0.2, -0.15) is 5.10 Å². The van der Waals surface area contributed by atoms with E-state index >= 15 is 0 Å². The summed E-state index contributed by atoms with van der Waals surface area (Å²) in [5.74, 6) is -0.385. The largest absolute Gasteiger partial charge is 0.380 e. The van der Waals surface area contributed by atoms with Crippen molar-refractivity contribution in [1.29, 1.82) is 0 Å². The normalized spacial score (nSPS) is 11.5. The van der Waals surface area contributed by atoms with Gasteiger partial charge in [-0.3, -0.25) is 14.9 Å². The maximum absolute atomic E-state index is 13.3. The van der Waals surface area contributed by atoms with Crippen LogP contribution in [0.2, 0.25) is 0 Å². The zero-order chi connectivity index (χ0) is 27.9. The molecule has 0 fully saturated rings. The average Bonchev–Trinajstić information content (AvgIpc) is 3.52. The molecule has 1 amide bonds. The summed E-state index contributed by atoms with van der Waals surface area (Å²) >= 11 is 0. The lowest BCUT2D eigenvalue weighted by Crippen LogP contribution is -2.17. The Morgan fingerprint density at radius 2 is 1.87 bits per heavy atom. The average molecular weight is 548 g/mol. The summed E-state index contributed by atoms with van der Waals surface area (Å²) in [6.07, 6.45) is 0.550. The second-order valence-corrected chi connectivity index (χ2v) is 10.0. The molecule has 5 N–H and O–H groups in total. The third kappa shape index (κ3) is 4.81. The number of benzene rings is 3. The van der Waals surface area contributed by atoms with E-state index in [1.54, 1.807) is 30.3 Å². The highest BCUT2D eigenvalue weighted by molar-refractivity contribution is 7.89. The maximum Gasteiger partial charge on any atom is 0.279 e. The quantitative estimate of drug-likeness (QED) is 0.201. The van der Waals surface area contributed by atoms with Gasteiger partial charge in [0.15, 0.2) is 11.4 Å². The Kier molecular flexibility index (Phi) is 6.33. The second kappa shape index (κ2) is 9.66. The molecule has 2 heterocycles. The third-order valence-electron chi connectivity index (χ3n) is 6.02. The number of nitrogens with one attached hydrogen (secondary N) is 1. The molecule has 0 aliphatic rings. The van der Waals surface area contributed by atoms with Crippen molar-refractivity contribution in [2.75, 3.05) is 11.1 Å². The Labute approximate surface area is 221 Å². The van der Waals surface area contributed by atoms with E-state index in [1.807, 2.05) is 6.92 Å². The lowest BCUT2D eigenvalue weighted by atomic mass is 10.0. The molecule has 13 nitrogen and oxygen atoms in total. The van der Waals surface area contributed by atoms with Crippen molar-refractivity contribution in [3.8, 4) is 16.8 Å². The number of aryl methyl sites for hydroxylation is 1. The molecule has 0 atom stereocenters. The molecule has 5 rings (SSSR count). The molecule has 0 aliphatic heterocycles. The minimum absolute atomic E-state index is 0.0283. The standard InChI is InChI=1S/C25H21N7O6S/c1-2-14-11-21(31(29-14)16-8-10-22-19(13-16)24(26)30-38-22)25(33)28-15-7-9-17(20(12-15)32(34)35)18-5-3-4-6-23(18)39(27,36)37/h3-13H,2H2,1H3,(H2,26,30)(H,28,33)(H2,27,36,37). The fraction of sp³-hybridized carbons (Fsp3) is 0.0800. The van der Waals surface area contributed by atoms with Crippen molar-refractivity contribution in [3.05, 3.63) is 88.2 Å². The number of rotatable bonds is 7. The molecular formula is C25H21N7O6S. The van der Waals surface area contributed by atoms with Crippen LogP contribution in [0.25, 0.3) is 27.8 Å². The van der Waals surface area contributed by atoms with Gasteiger partial charge >= 0.3 is 0 Å². The molecule has 198 valence electrons. The van der Waals surface area contributed by atoms with Gasteiger partial charge in [-0.1, -0.05) is 30.3 Å². The highest BCUT2D eigenvalue weighted by atomic mass is 32.2. The Morgan fingerprint density at radius 3 is 2.59 bits per heavy atom. The molecule has 3 aromatic carbocycles. The van der Waals surface area contributed by atoms with E-state index in [2.05, 4.69) is 15.6 Å². The molecule has 5 aromatic rings. The first-order valence-electron chi connectivity index (χ1n) is 11.5. The highest BCUT2D eigenvalue weighted by Gasteiger charge is 2.24. The summed E-state index contributed by atoms with van der Waals surface area (Å²) < 4.78 is 30.7. The summed E-state index contributed by atoms with van der Waals surface area (Å²) in [6, 6.07) is 16.3. The number of nitro benzene ring substituents is 1. The van der Waals surface area contributed by atoms with Gasteiger partial charge in [-0.15, -0.1) is 0 Å². The van der Waals surface area contributed by atoms with Crippen molar-refractivity contribution in [1.82, 2.24) is 14.9 Å². The first-order chi connectivity index (χ1) is 18.6. The number of nitrogen functional groups attached to an aromatic ring is 1. The first-order valence-corrected chi connectivity index (χ1v) is 13.1. The van der Waals surface area contributed by atoms with Crippen LogP contribution in [-0.2, 0) is 16.4 Å². The summed E-state index contributed by atoms with van der Waals surface area (Å²) in [7, 11) is -4.15. The first kappa shape index (κ1) is 25.6. The van der Waals surface area contributed by atoms with Crippen LogP contribution in [0.3, 0.4) is 0 Å². The monoisotopic (exact) mass is 547 g/mol. The number of nitro groups is 1. The number of hydrogen-bond donors (Lipinski definition) is 3. The number of aromatic nitrogens is 3. The number of nitrogens with two attached hydrogens (primary N) is 2. The van der Waals surface area contributed by atoms with Crippen LogP contribution in [0.1, 0.15) is 23.1 Å². The molecule has 0 saturated carbocycles. The van der Waals surface area contributed by atoms with Gasteiger partial charge in [0.25, 0.3) is 11.6 Å². The lowest BCUT2D eigenvalue weighted by Gasteiger charge is -2.11. The van der Waals surface area contributed by atoms with Gasteiger partial charge in [0.05, 0.1) is 32.1 Å². The topological polar surface area (TPSA) is 202 Å². The number of fused-ring (bicyclic) bond motifs is 1. The summed E-state index contributed by atoms with van der Waals surface area (Å²) in [4.78, 5) is 24.4. The van der Waals surface area contributed by atoms with E-state index in [-0.39, 0.29) is 33.2 Å². The van der Waals surface area contributed by atoms with Crippen LogP contribution >= 0.6 is 0 Å². The van der Waals surface area contributed by atoms with Crippen molar-refractivity contribution >= 4 is 44.1 Å². The number of primary sulfonamides is 1. The van der Waals surface area contributed by atoms with Gasteiger partial charge in [0.1, 0.15) is 5.69 Å². The van der Waals surface area contributed by atoms with E-state index in [0.717, 1.165) is 6.07 Å². The van der Waals surface area contributed by atoms with Gasteiger partial charge in [0, 0.05) is 17.3 Å². The zero-order valence-corrected chi connectivity index (χ0v) is 21.2. The maximum atomic E-state index is 13.3. The summed E-state index contributed by atoms with van der Waals surface area (Å²) in [6.45, 7) is 1.89. The predicted molar refractivity (Wildman–Crippen MR) is 143 cm³/mol. The van der Waals surface area contributed by atoms with E-state index in [0.29, 0.717) is 28.8 Å². The Bertz CT molecular complexity index is 1880. The van der Waals surface area contributed by atoms with E-state index < -0.39 is 26.5 Å². The van der Waals surface area contributed by atoms with Gasteiger partial charge < -0.3 is 15.6 Å². The van der Waals surface area contributed by atoms with Crippen LogP contribution in [0.4, 0.5) is 17.2 Å². The van der Waals surface area contributed by atoms with E-state index in [4.69, 9.17) is 15.4 Å². The number of carbonyl (C=O) groups is 1. The lowest BCUT2D eigenvalue weighted by molar-refractivity contribution is -0.384. The molecule has 39 heavy (non-hydrogen) atoms. The molecule has 0 aliphatic carbocycles. The Hall–Kier alpha value is -5.08. The number of anilines is 2. The van der Waals surface area contributed by atoms with Crippen LogP contribution in [0, 0.1) is 10.1 Å². The van der Waals surface area contributed by atoms with Gasteiger partial charge in [-0.25, -0.2) is 18.2 Å². The van der Waals surface area contributed by atoms with Crippen LogP contribution in [-0.4, -0.2) is 34.2 Å². The number of hydrogen-bond acceptors (Lipinski definition) is 9. The predicted octanol–water partition coefficient (Wildman–Crippen LogP) is 3.63. The SMILES string of the molecule is CCc1cc(C(=O)Nc2ccc(-c3ccccc3S(N)(=O)=O)c([N+](=O)[O-])c2)n(-c2ccc3onc(N)c3c2)n1. The van der Waals surface area contributed by atoms with Gasteiger partial charge in [-0.05, 0) is 48.9 Å². The third-order valence-corrected chi connectivity index (χ3v) is 6.99. The summed E-state index contributed by atoms with van der Waals surface area (Å²) in [5.41, 5.74) is 7.49. The molecule has 0 saturated heterocycles.